The first-order valence-corrected chi connectivity index (χ1v) is 9.55. The lowest BCUT2D eigenvalue weighted by Crippen LogP contribution is -2.27. The van der Waals surface area contributed by atoms with Crippen LogP contribution in [0, 0.1) is 0 Å². The molecule has 0 amide bonds. The fourth-order valence-corrected chi connectivity index (χ4v) is 3.46. The Hall–Kier alpha value is -3.02. The monoisotopic (exact) mass is 375 g/mol. The SMILES string of the molecule is Nc1ccccc1C1CC(c2cccc(OCCOc3ccccc3)c2)NN1. The minimum Gasteiger partial charge on any atom is -0.490 e. The van der Waals surface area contributed by atoms with Gasteiger partial charge in [-0.05, 0) is 47.9 Å². The Labute approximate surface area is 165 Å². The molecule has 1 aliphatic rings. The van der Waals surface area contributed by atoms with Crippen molar-refractivity contribution >= 4 is 5.69 Å². The van der Waals surface area contributed by atoms with E-state index < -0.39 is 0 Å². The number of rotatable bonds is 7. The Morgan fingerprint density at radius 2 is 1.43 bits per heavy atom. The van der Waals surface area contributed by atoms with Crippen LogP contribution in [0.4, 0.5) is 5.69 Å². The van der Waals surface area contributed by atoms with E-state index in [1.54, 1.807) is 0 Å². The summed E-state index contributed by atoms with van der Waals surface area (Å²) in [7, 11) is 0. The van der Waals surface area contributed by atoms with E-state index in [4.69, 9.17) is 15.2 Å². The number of benzene rings is 3. The Bertz CT molecular complexity index is 901. The van der Waals surface area contributed by atoms with Gasteiger partial charge in [0.2, 0.25) is 0 Å². The van der Waals surface area contributed by atoms with Gasteiger partial charge in [-0.25, -0.2) is 10.9 Å². The van der Waals surface area contributed by atoms with Crippen molar-refractivity contribution in [2.24, 2.45) is 0 Å². The van der Waals surface area contributed by atoms with Gasteiger partial charge in [0.05, 0.1) is 6.04 Å². The second-order valence-electron chi connectivity index (χ2n) is 6.84. The molecule has 5 heteroatoms. The molecular weight excluding hydrogens is 350 g/mol. The number of hydrazine groups is 1. The molecule has 0 radical (unpaired) electrons. The summed E-state index contributed by atoms with van der Waals surface area (Å²) in [5.41, 5.74) is 16.0. The largest absolute Gasteiger partial charge is 0.490 e. The van der Waals surface area contributed by atoms with Gasteiger partial charge < -0.3 is 15.2 Å². The van der Waals surface area contributed by atoms with Crippen molar-refractivity contribution in [3.05, 3.63) is 90.0 Å². The van der Waals surface area contributed by atoms with Crippen LogP contribution >= 0.6 is 0 Å². The van der Waals surface area contributed by atoms with Gasteiger partial charge in [0, 0.05) is 11.7 Å². The minimum absolute atomic E-state index is 0.190. The van der Waals surface area contributed by atoms with Crippen LogP contribution in [0.3, 0.4) is 0 Å². The zero-order valence-electron chi connectivity index (χ0n) is 15.7. The predicted octanol–water partition coefficient (Wildman–Crippen LogP) is 4.01. The van der Waals surface area contributed by atoms with Gasteiger partial charge in [-0.3, -0.25) is 0 Å². The van der Waals surface area contributed by atoms with E-state index in [2.05, 4.69) is 29.1 Å². The Kier molecular flexibility index (Phi) is 5.75. The molecule has 1 aliphatic heterocycles. The summed E-state index contributed by atoms with van der Waals surface area (Å²) in [4.78, 5) is 0. The molecule has 0 aliphatic carbocycles. The number of nitrogens with one attached hydrogen (secondary N) is 2. The maximum absolute atomic E-state index is 6.12. The molecule has 1 fully saturated rings. The van der Waals surface area contributed by atoms with Crippen LogP contribution in [0.5, 0.6) is 11.5 Å². The van der Waals surface area contributed by atoms with Crippen LogP contribution in [-0.4, -0.2) is 13.2 Å². The van der Waals surface area contributed by atoms with Crippen molar-refractivity contribution in [1.29, 1.82) is 0 Å². The molecule has 0 aromatic heterocycles. The second kappa shape index (κ2) is 8.78. The molecule has 2 unspecified atom stereocenters. The summed E-state index contributed by atoms with van der Waals surface area (Å²) < 4.78 is 11.5. The average molecular weight is 375 g/mol. The summed E-state index contributed by atoms with van der Waals surface area (Å²) in [6, 6.07) is 26.3. The molecule has 28 heavy (non-hydrogen) atoms. The van der Waals surface area contributed by atoms with Crippen molar-refractivity contribution in [2.45, 2.75) is 18.5 Å². The maximum Gasteiger partial charge on any atom is 0.122 e. The normalized spacial score (nSPS) is 18.7. The summed E-state index contributed by atoms with van der Waals surface area (Å²) in [6.45, 7) is 1.00. The van der Waals surface area contributed by atoms with Crippen LogP contribution in [0.2, 0.25) is 0 Å². The fraction of sp³-hybridized carbons (Fsp3) is 0.217. The van der Waals surface area contributed by atoms with Crippen molar-refractivity contribution in [1.82, 2.24) is 10.9 Å². The van der Waals surface area contributed by atoms with Crippen molar-refractivity contribution < 1.29 is 9.47 Å². The highest BCUT2D eigenvalue weighted by Crippen LogP contribution is 2.34. The lowest BCUT2D eigenvalue weighted by Gasteiger charge is -2.13. The van der Waals surface area contributed by atoms with E-state index in [0.717, 1.165) is 29.2 Å². The smallest absolute Gasteiger partial charge is 0.122 e. The summed E-state index contributed by atoms with van der Waals surface area (Å²) in [6.07, 6.45) is 0.925. The summed E-state index contributed by atoms with van der Waals surface area (Å²) in [5, 5.41) is 0. The molecule has 2 atom stereocenters. The van der Waals surface area contributed by atoms with E-state index in [1.165, 1.54) is 5.56 Å². The first kappa shape index (κ1) is 18.3. The molecule has 0 bridgehead atoms. The van der Waals surface area contributed by atoms with Gasteiger partial charge in [-0.1, -0.05) is 48.5 Å². The minimum atomic E-state index is 0.190. The van der Waals surface area contributed by atoms with Crippen LogP contribution in [0.15, 0.2) is 78.9 Å². The summed E-state index contributed by atoms with van der Waals surface area (Å²) >= 11 is 0. The van der Waals surface area contributed by atoms with Crippen LogP contribution in [0.1, 0.15) is 29.6 Å². The van der Waals surface area contributed by atoms with Crippen molar-refractivity contribution in [2.75, 3.05) is 18.9 Å². The molecule has 144 valence electrons. The standard InChI is InChI=1S/C23H25N3O2/c24-21-12-5-4-11-20(21)23-16-22(25-26-23)17-7-6-10-19(15-17)28-14-13-27-18-8-2-1-3-9-18/h1-12,15,22-23,25-26H,13-14,16,24H2. The Morgan fingerprint density at radius 3 is 2.25 bits per heavy atom. The number of nitrogen functional groups attached to an aromatic ring is 1. The number of hydrogen-bond donors (Lipinski definition) is 3. The maximum atomic E-state index is 6.12. The summed E-state index contributed by atoms with van der Waals surface area (Å²) in [5.74, 6) is 1.70. The third kappa shape index (κ3) is 4.44. The molecular formula is C23H25N3O2. The van der Waals surface area contributed by atoms with Gasteiger partial charge in [0.15, 0.2) is 0 Å². The van der Waals surface area contributed by atoms with Gasteiger partial charge in [-0.2, -0.15) is 0 Å². The number of ether oxygens (including phenoxy) is 2. The predicted molar refractivity (Wildman–Crippen MR) is 111 cm³/mol. The molecule has 3 aromatic carbocycles. The van der Waals surface area contributed by atoms with Crippen LogP contribution in [0.25, 0.3) is 0 Å². The molecule has 1 saturated heterocycles. The van der Waals surface area contributed by atoms with E-state index in [1.807, 2.05) is 60.7 Å². The van der Waals surface area contributed by atoms with Crippen molar-refractivity contribution in [3.8, 4) is 11.5 Å². The molecule has 5 nitrogen and oxygen atoms in total. The quantitative estimate of drug-likeness (QED) is 0.430. The lowest BCUT2D eigenvalue weighted by molar-refractivity contribution is 0.217. The highest BCUT2D eigenvalue weighted by Gasteiger charge is 2.27. The third-order valence-electron chi connectivity index (χ3n) is 4.90. The van der Waals surface area contributed by atoms with Crippen LogP contribution < -0.4 is 26.1 Å². The van der Waals surface area contributed by atoms with Crippen molar-refractivity contribution in [3.63, 3.8) is 0 Å². The van der Waals surface area contributed by atoms with E-state index >= 15 is 0 Å². The average Bonchev–Trinajstić information content (AvgIpc) is 3.23. The van der Waals surface area contributed by atoms with Gasteiger partial charge >= 0.3 is 0 Å². The molecule has 4 N–H and O–H groups in total. The number of hydrogen-bond acceptors (Lipinski definition) is 5. The van der Waals surface area contributed by atoms with Crippen LogP contribution in [-0.2, 0) is 0 Å². The number of anilines is 1. The van der Waals surface area contributed by atoms with E-state index in [9.17, 15) is 0 Å². The number of nitrogens with two attached hydrogens (primary N) is 1. The van der Waals surface area contributed by atoms with E-state index in [0.29, 0.717) is 13.2 Å². The number of para-hydroxylation sites is 2. The lowest BCUT2D eigenvalue weighted by atomic mass is 9.97. The Morgan fingerprint density at radius 1 is 0.750 bits per heavy atom. The zero-order chi connectivity index (χ0) is 19.2. The topological polar surface area (TPSA) is 68.5 Å². The molecule has 3 aromatic rings. The zero-order valence-corrected chi connectivity index (χ0v) is 15.7. The molecule has 0 spiro atoms. The van der Waals surface area contributed by atoms with E-state index in [-0.39, 0.29) is 12.1 Å². The Balaban J connectivity index is 1.32. The highest BCUT2D eigenvalue weighted by molar-refractivity contribution is 5.48. The second-order valence-corrected chi connectivity index (χ2v) is 6.84. The van der Waals surface area contributed by atoms with Gasteiger partial charge in [0.1, 0.15) is 24.7 Å². The highest BCUT2D eigenvalue weighted by atomic mass is 16.5. The van der Waals surface area contributed by atoms with Gasteiger partial charge in [-0.15, -0.1) is 0 Å². The first-order valence-electron chi connectivity index (χ1n) is 9.55. The molecule has 4 rings (SSSR count). The molecule has 0 saturated carbocycles. The third-order valence-corrected chi connectivity index (χ3v) is 4.90. The fourth-order valence-electron chi connectivity index (χ4n) is 3.46. The van der Waals surface area contributed by atoms with Gasteiger partial charge in [0.25, 0.3) is 0 Å². The molecule has 1 heterocycles. The first-order chi connectivity index (χ1) is 13.8.